The molecule has 0 spiro atoms. The highest BCUT2D eigenvalue weighted by atomic mass is 79.9. The first-order chi connectivity index (χ1) is 11.5. The summed E-state index contributed by atoms with van der Waals surface area (Å²) in [5.74, 6) is -0.936. The molecule has 0 radical (unpaired) electrons. The maximum absolute atomic E-state index is 12.2. The summed E-state index contributed by atoms with van der Waals surface area (Å²) in [4.78, 5) is 25.1. The Morgan fingerprint density at radius 2 is 1.71 bits per heavy atom. The van der Waals surface area contributed by atoms with Crippen molar-refractivity contribution in [3.8, 4) is 0 Å². The number of nitrogens with zero attached hydrogens (tertiary/aromatic N) is 1. The molecule has 0 aliphatic rings. The molecule has 1 amide bonds. The van der Waals surface area contributed by atoms with Crippen molar-refractivity contribution in [2.75, 3.05) is 13.6 Å². The highest BCUT2D eigenvalue weighted by molar-refractivity contribution is 9.10. The molecule has 0 atom stereocenters. The van der Waals surface area contributed by atoms with Gasteiger partial charge in [0.05, 0.1) is 5.56 Å². The predicted octanol–water partition coefficient (Wildman–Crippen LogP) is 3.78. The van der Waals surface area contributed by atoms with Gasteiger partial charge in [-0.15, -0.1) is 0 Å². The van der Waals surface area contributed by atoms with E-state index < -0.39 is 5.97 Å². The van der Waals surface area contributed by atoms with Crippen LogP contribution >= 0.6 is 15.9 Å². The summed E-state index contributed by atoms with van der Waals surface area (Å²) in [6.07, 6.45) is 1.53. The van der Waals surface area contributed by atoms with E-state index >= 15 is 0 Å². The van der Waals surface area contributed by atoms with Crippen LogP contribution < -0.4 is 0 Å². The minimum Gasteiger partial charge on any atom is -0.478 e. The summed E-state index contributed by atoms with van der Waals surface area (Å²) in [5.41, 5.74) is 2.14. The number of hydrogen-bond acceptors (Lipinski definition) is 2. The average molecular weight is 390 g/mol. The van der Waals surface area contributed by atoms with Crippen molar-refractivity contribution in [2.45, 2.75) is 19.3 Å². The third-order valence-corrected chi connectivity index (χ3v) is 4.46. The Morgan fingerprint density at radius 1 is 1.04 bits per heavy atom. The summed E-state index contributed by atoms with van der Waals surface area (Å²) < 4.78 is 1.03. The summed E-state index contributed by atoms with van der Waals surface area (Å²) >= 11 is 3.40. The molecule has 0 saturated carbocycles. The van der Waals surface area contributed by atoms with Crippen molar-refractivity contribution in [1.29, 1.82) is 0 Å². The van der Waals surface area contributed by atoms with Gasteiger partial charge in [0.1, 0.15) is 0 Å². The molecule has 2 aromatic rings. The SMILES string of the molecule is CN(CCc1ccc(Br)cc1)C(=O)CCc1ccccc1C(=O)O. The molecule has 0 aliphatic heterocycles. The number of carboxylic acid groups (broad SMARTS) is 1. The molecule has 0 bridgehead atoms. The molecular weight excluding hydrogens is 370 g/mol. The van der Waals surface area contributed by atoms with Gasteiger partial charge < -0.3 is 10.0 Å². The third kappa shape index (κ3) is 5.20. The van der Waals surface area contributed by atoms with Crippen LogP contribution in [0.1, 0.15) is 27.9 Å². The van der Waals surface area contributed by atoms with Gasteiger partial charge in [-0.25, -0.2) is 4.79 Å². The topological polar surface area (TPSA) is 57.6 Å². The molecule has 0 fully saturated rings. The lowest BCUT2D eigenvalue weighted by Crippen LogP contribution is -2.29. The lowest BCUT2D eigenvalue weighted by atomic mass is 10.0. The average Bonchev–Trinajstić information content (AvgIpc) is 2.59. The first kappa shape index (κ1) is 18.2. The summed E-state index contributed by atoms with van der Waals surface area (Å²) in [6.45, 7) is 0.640. The Balaban J connectivity index is 1.86. The zero-order chi connectivity index (χ0) is 17.5. The number of hydrogen-bond donors (Lipinski definition) is 1. The lowest BCUT2D eigenvalue weighted by Gasteiger charge is -2.17. The zero-order valence-electron chi connectivity index (χ0n) is 13.5. The first-order valence-electron chi connectivity index (χ1n) is 7.77. The number of likely N-dealkylation sites (N-methyl/N-ethyl adjacent to an activating group) is 1. The van der Waals surface area contributed by atoms with Crippen molar-refractivity contribution >= 4 is 27.8 Å². The lowest BCUT2D eigenvalue weighted by molar-refractivity contribution is -0.129. The fourth-order valence-electron chi connectivity index (χ4n) is 2.45. The highest BCUT2D eigenvalue weighted by Gasteiger charge is 2.13. The van der Waals surface area contributed by atoms with E-state index in [-0.39, 0.29) is 11.5 Å². The van der Waals surface area contributed by atoms with E-state index in [0.717, 1.165) is 10.9 Å². The van der Waals surface area contributed by atoms with E-state index in [0.29, 0.717) is 24.9 Å². The van der Waals surface area contributed by atoms with Gasteiger partial charge in [0.2, 0.25) is 5.91 Å². The van der Waals surface area contributed by atoms with Crippen LogP contribution in [0.3, 0.4) is 0 Å². The fourth-order valence-corrected chi connectivity index (χ4v) is 2.72. The fraction of sp³-hybridized carbons (Fsp3) is 0.263. The minimum absolute atomic E-state index is 0.0207. The van der Waals surface area contributed by atoms with Crippen LogP contribution in [-0.4, -0.2) is 35.5 Å². The minimum atomic E-state index is -0.957. The molecule has 1 N–H and O–H groups in total. The van der Waals surface area contributed by atoms with Crippen LogP contribution in [-0.2, 0) is 17.6 Å². The molecule has 24 heavy (non-hydrogen) atoms. The molecular formula is C19H20BrNO3. The molecule has 0 aliphatic carbocycles. The van der Waals surface area contributed by atoms with E-state index in [2.05, 4.69) is 15.9 Å². The van der Waals surface area contributed by atoms with Gasteiger partial charge in [-0.05, 0) is 42.2 Å². The van der Waals surface area contributed by atoms with E-state index in [1.165, 1.54) is 5.56 Å². The molecule has 2 aromatic carbocycles. The van der Waals surface area contributed by atoms with Gasteiger partial charge in [-0.3, -0.25) is 4.79 Å². The number of aryl methyl sites for hydroxylation is 1. The molecule has 5 heteroatoms. The Morgan fingerprint density at radius 3 is 2.38 bits per heavy atom. The number of rotatable bonds is 7. The van der Waals surface area contributed by atoms with Crippen molar-refractivity contribution in [2.24, 2.45) is 0 Å². The van der Waals surface area contributed by atoms with Crippen LogP contribution in [0.5, 0.6) is 0 Å². The Bertz CT molecular complexity index is 713. The summed E-state index contributed by atoms with van der Waals surface area (Å²) in [7, 11) is 1.78. The maximum Gasteiger partial charge on any atom is 0.335 e. The molecule has 0 aromatic heterocycles. The van der Waals surface area contributed by atoms with Gasteiger partial charge >= 0.3 is 5.97 Å². The quantitative estimate of drug-likeness (QED) is 0.783. The van der Waals surface area contributed by atoms with Crippen LogP contribution in [0.4, 0.5) is 0 Å². The Kier molecular flexibility index (Phi) is 6.55. The summed E-state index contributed by atoms with van der Waals surface area (Å²) in [5, 5.41) is 9.17. The second-order valence-corrected chi connectivity index (χ2v) is 6.57. The standard InChI is InChI=1S/C19H20BrNO3/c1-21(13-12-14-6-9-16(20)10-7-14)18(22)11-8-15-4-2-3-5-17(15)19(23)24/h2-7,9-10H,8,11-13H2,1H3,(H,23,24). The zero-order valence-corrected chi connectivity index (χ0v) is 15.1. The number of carbonyl (C=O) groups is 2. The first-order valence-corrected chi connectivity index (χ1v) is 8.56. The second-order valence-electron chi connectivity index (χ2n) is 5.65. The number of aromatic carboxylic acids is 1. The van der Waals surface area contributed by atoms with Gasteiger partial charge in [0, 0.05) is 24.5 Å². The normalized spacial score (nSPS) is 10.4. The smallest absolute Gasteiger partial charge is 0.335 e. The van der Waals surface area contributed by atoms with Gasteiger partial charge in [0.25, 0.3) is 0 Å². The van der Waals surface area contributed by atoms with E-state index in [4.69, 9.17) is 0 Å². The van der Waals surface area contributed by atoms with E-state index in [1.54, 1.807) is 36.2 Å². The third-order valence-electron chi connectivity index (χ3n) is 3.93. The predicted molar refractivity (Wildman–Crippen MR) is 97.2 cm³/mol. The van der Waals surface area contributed by atoms with Crippen LogP contribution in [0.25, 0.3) is 0 Å². The number of halogens is 1. The maximum atomic E-state index is 12.2. The molecule has 0 unspecified atom stereocenters. The molecule has 0 heterocycles. The van der Waals surface area contributed by atoms with E-state index in [9.17, 15) is 14.7 Å². The Labute approximate surface area is 150 Å². The van der Waals surface area contributed by atoms with Crippen LogP contribution in [0, 0.1) is 0 Å². The number of amides is 1. The van der Waals surface area contributed by atoms with Crippen molar-refractivity contribution in [1.82, 2.24) is 4.90 Å². The van der Waals surface area contributed by atoms with Gasteiger partial charge in [0.15, 0.2) is 0 Å². The van der Waals surface area contributed by atoms with Crippen LogP contribution in [0.15, 0.2) is 53.0 Å². The second kappa shape index (κ2) is 8.64. The van der Waals surface area contributed by atoms with Crippen molar-refractivity contribution < 1.29 is 14.7 Å². The highest BCUT2D eigenvalue weighted by Crippen LogP contribution is 2.13. The largest absolute Gasteiger partial charge is 0.478 e. The Hall–Kier alpha value is -2.14. The van der Waals surface area contributed by atoms with E-state index in [1.807, 2.05) is 24.3 Å². The molecule has 2 rings (SSSR count). The monoisotopic (exact) mass is 389 g/mol. The molecule has 0 saturated heterocycles. The van der Waals surface area contributed by atoms with Crippen molar-refractivity contribution in [3.05, 3.63) is 69.7 Å². The van der Waals surface area contributed by atoms with Gasteiger partial charge in [-0.2, -0.15) is 0 Å². The van der Waals surface area contributed by atoms with Crippen molar-refractivity contribution in [3.63, 3.8) is 0 Å². The molecule has 4 nitrogen and oxygen atoms in total. The van der Waals surface area contributed by atoms with Crippen LogP contribution in [0.2, 0.25) is 0 Å². The van der Waals surface area contributed by atoms with Gasteiger partial charge in [-0.1, -0.05) is 46.3 Å². The molecule has 126 valence electrons. The number of carboxylic acids is 1. The summed E-state index contributed by atoms with van der Waals surface area (Å²) in [6, 6.07) is 14.9. The number of benzene rings is 2. The number of carbonyl (C=O) groups excluding carboxylic acids is 1.